The zero-order valence-electron chi connectivity index (χ0n) is 17.3. The van der Waals surface area contributed by atoms with Crippen LogP contribution < -0.4 is 4.90 Å². The summed E-state index contributed by atoms with van der Waals surface area (Å²) in [6, 6.07) is 10.4. The maximum Gasteiger partial charge on any atom is 0.154 e. The molecule has 0 saturated carbocycles. The summed E-state index contributed by atoms with van der Waals surface area (Å²) < 4.78 is 7.81. The van der Waals surface area contributed by atoms with Crippen LogP contribution in [-0.2, 0) is 4.74 Å². The number of aromatic nitrogens is 5. The smallest absolute Gasteiger partial charge is 0.154 e. The van der Waals surface area contributed by atoms with Gasteiger partial charge in [0.2, 0.25) is 0 Å². The summed E-state index contributed by atoms with van der Waals surface area (Å²) in [6.45, 7) is 10.2. The zero-order chi connectivity index (χ0) is 20.1. The molecule has 2 atom stereocenters. The van der Waals surface area contributed by atoms with Crippen molar-refractivity contribution >= 4 is 22.4 Å². The molecule has 1 aromatic carbocycles. The summed E-state index contributed by atoms with van der Waals surface area (Å²) in [7, 11) is 0. The first-order chi connectivity index (χ1) is 14.0. The summed E-state index contributed by atoms with van der Waals surface area (Å²) >= 11 is 0. The van der Waals surface area contributed by atoms with Gasteiger partial charge in [0.05, 0.1) is 35.3 Å². The van der Waals surface area contributed by atoms with Crippen LogP contribution in [0.3, 0.4) is 0 Å². The SMILES string of the molecule is CC(C)c1n[nH]c2ccc(-c3cnc4ccc(N5C[C@@H](C)O[C@@H](C)C5)nn34)cc12. The molecule has 0 amide bonds. The van der Waals surface area contributed by atoms with Crippen molar-refractivity contribution in [2.24, 2.45) is 0 Å². The van der Waals surface area contributed by atoms with E-state index in [9.17, 15) is 0 Å². The van der Waals surface area contributed by atoms with Crippen molar-refractivity contribution in [3.05, 3.63) is 42.2 Å². The molecule has 7 heteroatoms. The standard InChI is InChI=1S/C22H26N6O/c1-13(2)22-17-9-16(5-6-18(17)24-25-22)19-10-23-20-7-8-21(26-28(19)20)27-11-14(3)29-15(4)12-27/h5-10,13-15H,11-12H2,1-4H3,(H,24,25)/t14-,15+. The van der Waals surface area contributed by atoms with Crippen LogP contribution in [0.2, 0.25) is 0 Å². The molecule has 1 aliphatic rings. The Labute approximate surface area is 169 Å². The number of morpholine rings is 1. The second-order valence-electron chi connectivity index (χ2n) is 8.29. The van der Waals surface area contributed by atoms with E-state index >= 15 is 0 Å². The molecule has 4 aromatic rings. The van der Waals surface area contributed by atoms with Crippen LogP contribution in [0.4, 0.5) is 5.82 Å². The number of hydrogen-bond acceptors (Lipinski definition) is 5. The Morgan fingerprint density at radius 3 is 2.66 bits per heavy atom. The fourth-order valence-electron chi connectivity index (χ4n) is 4.23. The van der Waals surface area contributed by atoms with Crippen molar-refractivity contribution in [3.8, 4) is 11.3 Å². The van der Waals surface area contributed by atoms with E-state index < -0.39 is 0 Å². The van der Waals surface area contributed by atoms with Gasteiger partial charge in [0.25, 0.3) is 0 Å². The number of H-pyrrole nitrogens is 1. The number of hydrogen-bond donors (Lipinski definition) is 1. The van der Waals surface area contributed by atoms with E-state index in [0.29, 0.717) is 5.92 Å². The molecule has 1 N–H and O–H groups in total. The first kappa shape index (κ1) is 18.1. The maximum absolute atomic E-state index is 5.87. The molecule has 1 fully saturated rings. The Balaban J connectivity index is 1.59. The third kappa shape index (κ3) is 3.15. The summed E-state index contributed by atoms with van der Waals surface area (Å²) in [6.07, 6.45) is 2.28. The molecule has 0 bridgehead atoms. The van der Waals surface area contributed by atoms with Gasteiger partial charge in [-0.2, -0.15) is 5.10 Å². The number of benzene rings is 1. The van der Waals surface area contributed by atoms with Crippen LogP contribution in [0, 0.1) is 0 Å². The normalized spacial score (nSPS) is 20.2. The van der Waals surface area contributed by atoms with Gasteiger partial charge in [0, 0.05) is 24.0 Å². The molecule has 0 aliphatic carbocycles. The summed E-state index contributed by atoms with van der Waals surface area (Å²) in [5.74, 6) is 1.31. The van der Waals surface area contributed by atoms with E-state index in [-0.39, 0.29) is 12.2 Å². The average Bonchev–Trinajstić information content (AvgIpc) is 3.30. The molecule has 7 nitrogen and oxygen atoms in total. The van der Waals surface area contributed by atoms with Crippen LogP contribution in [0.1, 0.15) is 39.3 Å². The van der Waals surface area contributed by atoms with Gasteiger partial charge < -0.3 is 9.64 Å². The van der Waals surface area contributed by atoms with E-state index in [0.717, 1.165) is 52.4 Å². The summed E-state index contributed by atoms with van der Waals surface area (Å²) in [5.41, 5.74) is 5.04. The summed E-state index contributed by atoms with van der Waals surface area (Å²) in [5, 5.41) is 13.7. The van der Waals surface area contributed by atoms with Crippen LogP contribution in [-0.4, -0.2) is 50.1 Å². The number of imidazole rings is 1. The highest BCUT2D eigenvalue weighted by Crippen LogP contribution is 2.29. The average molecular weight is 390 g/mol. The molecule has 4 heterocycles. The molecule has 1 aliphatic heterocycles. The molecule has 0 unspecified atom stereocenters. The first-order valence-corrected chi connectivity index (χ1v) is 10.2. The van der Waals surface area contributed by atoms with E-state index in [4.69, 9.17) is 9.84 Å². The Morgan fingerprint density at radius 1 is 1.10 bits per heavy atom. The van der Waals surface area contributed by atoms with Crippen molar-refractivity contribution in [2.45, 2.75) is 45.8 Å². The maximum atomic E-state index is 5.87. The van der Waals surface area contributed by atoms with Crippen molar-refractivity contribution < 1.29 is 4.74 Å². The molecule has 5 rings (SSSR count). The highest BCUT2D eigenvalue weighted by Gasteiger charge is 2.24. The molecular weight excluding hydrogens is 364 g/mol. The van der Waals surface area contributed by atoms with Crippen molar-refractivity contribution in [1.29, 1.82) is 0 Å². The molecule has 0 radical (unpaired) electrons. The van der Waals surface area contributed by atoms with Crippen LogP contribution >= 0.6 is 0 Å². The van der Waals surface area contributed by atoms with E-state index in [1.54, 1.807) is 0 Å². The Hall–Kier alpha value is -2.93. The number of anilines is 1. The molecule has 150 valence electrons. The van der Waals surface area contributed by atoms with Gasteiger partial charge in [-0.05, 0) is 44.0 Å². The lowest BCUT2D eigenvalue weighted by Crippen LogP contribution is -2.46. The number of fused-ring (bicyclic) bond motifs is 2. The molecule has 0 spiro atoms. The lowest BCUT2D eigenvalue weighted by Gasteiger charge is -2.35. The van der Waals surface area contributed by atoms with E-state index in [2.05, 4.69) is 66.0 Å². The largest absolute Gasteiger partial charge is 0.372 e. The van der Waals surface area contributed by atoms with Gasteiger partial charge in [-0.15, -0.1) is 5.10 Å². The third-order valence-corrected chi connectivity index (χ3v) is 5.53. The van der Waals surface area contributed by atoms with Gasteiger partial charge >= 0.3 is 0 Å². The van der Waals surface area contributed by atoms with Crippen LogP contribution in [0.25, 0.3) is 27.8 Å². The van der Waals surface area contributed by atoms with E-state index in [1.807, 2.05) is 22.8 Å². The van der Waals surface area contributed by atoms with Gasteiger partial charge in [0.1, 0.15) is 5.82 Å². The minimum Gasteiger partial charge on any atom is -0.372 e. The van der Waals surface area contributed by atoms with Crippen molar-refractivity contribution in [2.75, 3.05) is 18.0 Å². The summed E-state index contributed by atoms with van der Waals surface area (Å²) in [4.78, 5) is 6.86. The lowest BCUT2D eigenvalue weighted by molar-refractivity contribution is -0.00551. The molecule has 29 heavy (non-hydrogen) atoms. The second kappa shape index (κ2) is 6.84. The number of ether oxygens (including phenoxy) is 1. The Kier molecular flexibility index (Phi) is 4.28. The van der Waals surface area contributed by atoms with Crippen LogP contribution in [0.5, 0.6) is 0 Å². The predicted octanol–water partition coefficient (Wildman–Crippen LogP) is 4.01. The van der Waals surface area contributed by atoms with E-state index in [1.165, 1.54) is 0 Å². The second-order valence-corrected chi connectivity index (χ2v) is 8.29. The van der Waals surface area contributed by atoms with Gasteiger partial charge in [-0.1, -0.05) is 19.9 Å². The Morgan fingerprint density at radius 2 is 1.90 bits per heavy atom. The van der Waals surface area contributed by atoms with Crippen molar-refractivity contribution in [3.63, 3.8) is 0 Å². The number of aromatic amines is 1. The lowest BCUT2D eigenvalue weighted by atomic mass is 10.0. The number of nitrogens with one attached hydrogen (secondary N) is 1. The molecular formula is C22H26N6O. The third-order valence-electron chi connectivity index (χ3n) is 5.53. The quantitative estimate of drug-likeness (QED) is 0.572. The van der Waals surface area contributed by atoms with Gasteiger partial charge in [0.15, 0.2) is 5.65 Å². The minimum atomic E-state index is 0.191. The fourth-order valence-corrected chi connectivity index (χ4v) is 4.23. The number of nitrogens with zero attached hydrogens (tertiary/aromatic N) is 5. The molecule has 1 saturated heterocycles. The van der Waals surface area contributed by atoms with Gasteiger partial charge in [-0.3, -0.25) is 5.10 Å². The van der Waals surface area contributed by atoms with Gasteiger partial charge in [-0.25, -0.2) is 9.50 Å². The monoisotopic (exact) mass is 390 g/mol. The minimum absolute atomic E-state index is 0.191. The highest BCUT2D eigenvalue weighted by atomic mass is 16.5. The topological polar surface area (TPSA) is 71.3 Å². The first-order valence-electron chi connectivity index (χ1n) is 10.2. The van der Waals surface area contributed by atoms with Crippen LogP contribution in [0.15, 0.2) is 36.5 Å². The zero-order valence-corrected chi connectivity index (χ0v) is 17.3. The highest BCUT2D eigenvalue weighted by molar-refractivity contribution is 5.86. The molecule has 3 aromatic heterocycles. The predicted molar refractivity (Wildman–Crippen MR) is 114 cm³/mol. The Bertz CT molecular complexity index is 1170. The van der Waals surface area contributed by atoms with Crippen molar-refractivity contribution in [1.82, 2.24) is 24.8 Å². The fraction of sp³-hybridized carbons (Fsp3) is 0.409. The number of rotatable bonds is 3.